The molecule has 1 aromatic heterocycles. The number of hydrogen-bond acceptors (Lipinski definition) is 3. The molecule has 1 aliphatic heterocycles. The van der Waals surface area contributed by atoms with E-state index in [9.17, 15) is 9.18 Å². The molecule has 1 aliphatic rings. The molecule has 1 saturated heterocycles. The molecule has 1 amide bonds. The predicted molar refractivity (Wildman–Crippen MR) is 96.0 cm³/mol. The second-order valence-electron chi connectivity index (χ2n) is 6.81. The number of carbonyl (C=O) groups excluding carboxylic acids is 1. The monoisotopic (exact) mass is 344 g/mol. The third-order valence-corrected chi connectivity index (χ3v) is 4.69. The first-order valence-electron chi connectivity index (χ1n) is 8.79. The largest absolute Gasteiger partial charge is 0.369 e. The SMILES string of the molecule is Cc1cc(F)ccc1N1CCCC(NC(=O)CCc2cnn(C)c2)C1. The fourth-order valence-corrected chi connectivity index (χ4v) is 3.45. The molecule has 25 heavy (non-hydrogen) atoms. The summed E-state index contributed by atoms with van der Waals surface area (Å²) in [7, 11) is 1.87. The van der Waals surface area contributed by atoms with Crippen LogP contribution in [0.5, 0.6) is 0 Å². The van der Waals surface area contributed by atoms with E-state index in [4.69, 9.17) is 0 Å². The summed E-state index contributed by atoms with van der Waals surface area (Å²) in [4.78, 5) is 14.5. The second-order valence-corrected chi connectivity index (χ2v) is 6.81. The van der Waals surface area contributed by atoms with E-state index in [0.29, 0.717) is 12.8 Å². The van der Waals surface area contributed by atoms with Crippen molar-refractivity contribution in [3.8, 4) is 0 Å². The summed E-state index contributed by atoms with van der Waals surface area (Å²) >= 11 is 0. The lowest BCUT2D eigenvalue weighted by atomic mass is 10.0. The van der Waals surface area contributed by atoms with Crippen LogP contribution in [-0.2, 0) is 18.3 Å². The van der Waals surface area contributed by atoms with E-state index >= 15 is 0 Å². The van der Waals surface area contributed by atoms with Crippen molar-refractivity contribution < 1.29 is 9.18 Å². The zero-order chi connectivity index (χ0) is 17.8. The van der Waals surface area contributed by atoms with Crippen molar-refractivity contribution in [1.82, 2.24) is 15.1 Å². The van der Waals surface area contributed by atoms with Crippen molar-refractivity contribution in [2.45, 2.75) is 38.6 Å². The molecule has 2 aromatic rings. The number of carbonyl (C=O) groups is 1. The van der Waals surface area contributed by atoms with Crippen LogP contribution in [0.4, 0.5) is 10.1 Å². The van der Waals surface area contributed by atoms with E-state index in [1.54, 1.807) is 16.9 Å². The normalized spacial score (nSPS) is 17.6. The first kappa shape index (κ1) is 17.5. The minimum Gasteiger partial charge on any atom is -0.369 e. The molecule has 1 aromatic carbocycles. The Balaban J connectivity index is 1.53. The first-order chi connectivity index (χ1) is 12.0. The summed E-state index contributed by atoms with van der Waals surface area (Å²) in [6.45, 7) is 3.63. The highest BCUT2D eigenvalue weighted by atomic mass is 19.1. The molecule has 1 atom stereocenters. The van der Waals surface area contributed by atoms with Gasteiger partial charge in [-0.15, -0.1) is 0 Å². The Kier molecular flexibility index (Phi) is 5.36. The van der Waals surface area contributed by atoms with Crippen molar-refractivity contribution in [3.63, 3.8) is 0 Å². The quantitative estimate of drug-likeness (QED) is 0.907. The van der Waals surface area contributed by atoms with Crippen LogP contribution < -0.4 is 10.2 Å². The molecule has 5 nitrogen and oxygen atoms in total. The van der Waals surface area contributed by atoms with Crippen molar-refractivity contribution in [1.29, 1.82) is 0 Å². The summed E-state index contributed by atoms with van der Waals surface area (Å²) in [6.07, 6.45) is 6.91. The van der Waals surface area contributed by atoms with Crippen molar-refractivity contribution in [2.24, 2.45) is 7.05 Å². The minimum absolute atomic E-state index is 0.0755. The molecule has 0 bridgehead atoms. The molecule has 2 heterocycles. The van der Waals surface area contributed by atoms with Crippen LogP contribution in [0.25, 0.3) is 0 Å². The van der Waals surface area contributed by atoms with Crippen molar-refractivity contribution >= 4 is 11.6 Å². The van der Waals surface area contributed by atoms with Gasteiger partial charge in [0.15, 0.2) is 0 Å². The Morgan fingerprint density at radius 2 is 2.28 bits per heavy atom. The van der Waals surface area contributed by atoms with Gasteiger partial charge < -0.3 is 10.2 Å². The molecule has 1 N–H and O–H groups in total. The molecule has 134 valence electrons. The highest BCUT2D eigenvalue weighted by molar-refractivity contribution is 5.76. The Bertz CT molecular complexity index is 743. The van der Waals surface area contributed by atoms with Gasteiger partial charge in [-0.25, -0.2) is 4.39 Å². The van der Waals surface area contributed by atoms with Gasteiger partial charge in [0.2, 0.25) is 5.91 Å². The number of halogens is 1. The molecule has 0 spiro atoms. The van der Waals surface area contributed by atoms with Crippen molar-refractivity contribution in [3.05, 3.63) is 47.5 Å². The van der Waals surface area contributed by atoms with E-state index in [-0.39, 0.29) is 17.8 Å². The summed E-state index contributed by atoms with van der Waals surface area (Å²) in [5.74, 6) is -0.134. The van der Waals surface area contributed by atoms with Gasteiger partial charge >= 0.3 is 0 Å². The van der Waals surface area contributed by atoms with Crippen LogP contribution in [-0.4, -0.2) is 34.8 Å². The average molecular weight is 344 g/mol. The smallest absolute Gasteiger partial charge is 0.220 e. The van der Waals surface area contributed by atoms with Gasteiger partial charge in [-0.1, -0.05) is 0 Å². The van der Waals surface area contributed by atoms with E-state index in [2.05, 4.69) is 15.3 Å². The molecular formula is C19H25FN4O. The fourth-order valence-electron chi connectivity index (χ4n) is 3.45. The van der Waals surface area contributed by atoms with Crippen LogP contribution in [0.3, 0.4) is 0 Å². The third kappa shape index (κ3) is 4.59. The van der Waals surface area contributed by atoms with E-state index < -0.39 is 0 Å². The lowest BCUT2D eigenvalue weighted by Crippen LogP contribution is -2.48. The Morgan fingerprint density at radius 1 is 1.44 bits per heavy atom. The molecule has 0 saturated carbocycles. The van der Waals surface area contributed by atoms with Crippen LogP contribution >= 0.6 is 0 Å². The number of hydrogen-bond donors (Lipinski definition) is 1. The molecule has 1 unspecified atom stereocenters. The second kappa shape index (κ2) is 7.68. The number of benzene rings is 1. The Labute approximate surface area is 147 Å². The topological polar surface area (TPSA) is 50.2 Å². The van der Waals surface area contributed by atoms with Gasteiger partial charge in [-0.3, -0.25) is 9.48 Å². The molecular weight excluding hydrogens is 319 g/mol. The molecule has 6 heteroatoms. The Hall–Kier alpha value is -2.37. The summed E-state index contributed by atoms with van der Waals surface area (Å²) in [5, 5.41) is 7.26. The zero-order valence-corrected chi connectivity index (χ0v) is 14.8. The van der Waals surface area contributed by atoms with Crippen molar-refractivity contribution in [2.75, 3.05) is 18.0 Å². The Morgan fingerprint density at radius 3 is 3.00 bits per heavy atom. The fraction of sp³-hybridized carbons (Fsp3) is 0.474. The maximum absolute atomic E-state index is 13.3. The maximum atomic E-state index is 13.3. The molecule has 0 radical (unpaired) electrons. The molecule has 1 fully saturated rings. The number of piperidine rings is 1. The van der Waals surface area contributed by atoms with Crippen LogP contribution in [0.15, 0.2) is 30.6 Å². The summed E-state index contributed by atoms with van der Waals surface area (Å²) < 4.78 is 15.1. The van der Waals surface area contributed by atoms with Gasteiger partial charge in [0.1, 0.15) is 5.82 Å². The van der Waals surface area contributed by atoms with E-state index in [0.717, 1.165) is 42.7 Å². The van der Waals surface area contributed by atoms with E-state index in [1.165, 1.54) is 6.07 Å². The number of amides is 1. The van der Waals surface area contributed by atoms with Gasteiger partial charge in [0.05, 0.1) is 6.20 Å². The van der Waals surface area contributed by atoms with Crippen LogP contribution in [0, 0.1) is 12.7 Å². The molecule has 3 rings (SSSR count). The number of nitrogens with one attached hydrogen (secondary N) is 1. The lowest BCUT2D eigenvalue weighted by molar-refractivity contribution is -0.121. The minimum atomic E-state index is -0.210. The predicted octanol–water partition coefficient (Wildman–Crippen LogP) is 2.59. The van der Waals surface area contributed by atoms with Gasteiger partial charge in [0.25, 0.3) is 0 Å². The standard InChI is InChI=1S/C19H25FN4O/c1-14-10-16(20)6-7-18(14)24-9-3-4-17(13-24)22-19(25)8-5-15-11-21-23(2)12-15/h6-7,10-12,17H,3-5,8-9,13H2,1-2H3,(H,22,25). The average Bonchev–Trinajstić information content (AvgIpc) is 2.99. The first-order valence-corrected chi connectivity index (χ1v) is 8.79. The van der Waals surface area contributed by atoms with Gasteiger partial charge in [-0.2, -0.15) is 5.10 Å². The maximum Gasteiger partial charge on any atom is 0.220 e. The number of nitrogens with zero attached hydrogens (tertiary/aromatic N) is 3. The zero-order valence-electron chi connectivity index (χ0n) is 14.8. The summed E-state index contributed by atoms with van der Waals surface area (Å²) in [5.41, 5.74) is 3.06. The molecule has 0 aliphatic carbocycles. The third-order valence-electron chi connectivity index (χ3n) is 4.69. The number of aryl methyl sites for hydroxylation is 3. The number of rotatable bonds is 5. The van der Waals surface area contributed by atoms with E-state index in [1.807, 2.05) is 26.2 Å². The van der Waals surface area contributed by atoms with Crippen LogP contribution in [0.1, 0.15) is 30.4 Å². The summed E-state index contributed by atoms with van der Waals surface area (Å²) in [6, 6.07) is 5.03. The highest BCUT2D eigenvalue weighted by Crippen LogP contribution is 2.24. The highest BCUT2D eigenvalue weighted by Gasteiger charge is 2.22. The number of aromatic nitrogens is 2. The van der Waals surface area contributed by atoms with Gasteiger partial charge in [-0.05, 0) is 55.5 Å². The van der Waals surface area contributed by atoms with Crippen LogP contribution in [0.2, 0.25) is 0 Å². The van der Waals surface area contributed by atoms with Gasteiger partial charge in [0, 0.05) is 44.5 Å². The number of anilines is 1. The lowest BCUT2D eigenvalue weighted by Gasteiger charge is -2.35.